The van der Waals surface area contributed by atoms with Crippen LogP contribution in [0.15, 0.2) is 24.3 Å². The quantitative estimate of drug-likeness (QED) is 0.827. The van der Waals surface area contributed by atoms with E-state index in [0.717, 1.165) is 6.92 Å². The SMILES string of the molecule is C[C@@H](Oc1ccc(N2CCC3(CCC(=O)CC3)C2=O)cc1)C(F)(F)F. The van der Waals surface area contributed by atoms with Gasteiger partial charge in [0, 0.05) is 25.1 Å². The second-order valence-electron chi connectivity index (χ2n) is 6.82. The van der Waals surface area contributed by atoms with Crippen LogP contribution in [0.1, 0.15) is 39.0 Å². The highest BCUT2D eigenvalue weighted by Crippen LogP contribution is 2.45. The molecule has 1 aromatic rings. The monoisotopic (exact) mass is 355 g/mol. The van der Waals surface area contributed by atoms with Crippen LogP contribution in [0.25, 0.3) is 0 Å². The molecule has 1 aliphatic heterocycles. The Bertz CT molecular complexity index is 659. The third kappa shape index (κ3) is 3.50. The van der Waals surface area contributed by atoms with Gasteiger partial charge in [0.25, 0.3) is 0 Å². The molecule has 0 unspecified atom stereocenters. The van der Waals surface area contributed by atoms with Gasteiger partial charge >= 0.3 is 6.18 Å². The molecule has 0 aromatic heterocycles. The summed E-state index contributed by atoms with van der Waals surface area (Å²) in [7, 11) is 0. The van der Waals surface area contributed by atoms with Crippen molar-refractivity contribution in [3.8, 4) is 5.75 Å². The third-order valence-electron chi connectivity index (χ3n) is 5.20. The largest absolute Gasteiger partial charge is 0.481 e. The maximum Gasteiger partial charge on any atom is 0.425 e. The summed E-state index contributed by atoms with van der Waals surface area (Å²) in [5.74, 6) is 0.327. The summed E-state index contributed by atoms with van der Waals surface area (Å²) in [6.45, 7) is 1.51. The summed E-state index contributed by atoms with van der Waals surface area (Å²) in [5, 5.41) is 0. The zero-order valence-electron chi connectivity index (χ0n) is 13.9. The molecule has 4 nitrogen and oxygen atoms in total. The van der Waals surface area contributed by atoms with E-state index in [4.69, 9.17) is 4.74 Å². The maximum absolute atomic E-state index is 12.8. The summed E-state index contributed by atoms with van der Waals surface area (Å²) in [5.41, 5.74) is 0.194. The molecule has 1 aromatic carbocycles. The lowest BCUT2D eigenvalue weighted by Crippen LogP contribution is -2.37. The number of anilines is 1. The zero-order chi connectivity index (χ0) is 18.2. The Morgan fingerprint density at radius 3 is 2.24 bits per heavy atom. The Hall–Kier alpha value is -2.05. The molecule has 1 saturated carbocycles. The fraction of sp³-hybridized carbons (Fsp3) is 0.556. The molecule has 0 bridgehead atoms. The van der Waals surface area contributed by atoms with Crippen molar-refractivity contribution in [1.29, 1.82) is 0 Å². The van der Waals surface area contributed by atoms with Gasteiger partial charge in [0.1, 0.15) is 11.5 Å². The fourth-order valence-corrected chi connectivity index (χ4v) is 3.51. The highest BCUT2D eigenvalue weighted by molar-refractivity contribution is 6.01. The highest BCUT2D eigenvalue weighted by Gasteiger charge is 2.48. The number of alkyl halides is 3. The molecule has 2 fully saturated rings. The van der Waals surface area contributed by atoms with Crippen LogP contribution in [0.5, 0.6) is 5.75 Å². The first-order valence-corrected chi connectivity index (χ1v) is 8.38. The summed E-state index contributed by atoms with van der Waals surface area (Å²) < 4.78 is 42.5. The van der Waals surface area contributed by atoms with E-state index >= 15 is 0 Å². The summed E-state index contributed by atoms with van der Waals surface area (Å²) in [4.78, 5) is 25.9. The Morgan fingerprint density at radius 1 is 1.08 bits per heavy atom. The molecule has 136 valence electrons. The standard InChI is InChI=1S/C18H20F3NO3/c1-12(18(19,20)21)25-15-4-2-13(3-5-15)22-11-10-17(16(22)24)8-6-14(23)7-9-17/h2-5,12H,6-11H2,1H3/t12-/m1/s1. The van der Waals surface area contributed by atoms with Crippen LogP contribution in [-0.4, -0.2) is 30.5 Å². The van der Waals surface area contributed by atoms with Gasteiger partial charge in [-0.3, -0.25) is 9.59 Å². The molecule has 25 heavy (non-hydrogen) atoms. The first-order valence-electron chi connectivity index (χ1n) is 8.38. The van der Waals surface area contributed by atoms with Gasteiger partial charge in [-0.05, 0) is 50.5 Å². The van der Waals surface area contributed by atoms with Crippen LogP contribution >= 0.6 is 0 Å². The second kappa shape index (κ2) is 6.35. The van der Waals surface area contributed by atoms with Crippen molar-refractivity contribution in [3.05, 3.63) is 24.3 Å². The maximum atomic E-state index is 12.8. The van der Waals surface area contributed by atoms with Crippen LogP contribution in [0.4, 0.5) is 18.9 Å². The van der Waals surface area contributed by atoms with Crippen molar-refractivity contribution in [2.45, 2.75) is 51.3 Å². The molecule has 1 atom stereocenters. The molecular formula is C18H20F3NO3. The van der Waals surface area contributed by atoms with Gasteiger partial charge < -0.3 is 9.64 Å². The Morgan fingerprint density at radius 2 is 1.68 bits per heavy atom. The van der Waals surface area contributed by atoms with Gasteiger partial charge in [-0.2, -0.15) is 13.2 Å². The molecule has 7 heteroatoms. The van der Waals surface area contributed by atoms with Crippen LogP contribution in [-0.2, 0) is 9.59 Å². The number of halogens is 3. The number of benzene rings is 1. The van der Waals surface area contributed by atoms with Gasteiger partial charge in [0.15, 0.2) is 6.10 Å². The minimum absolute atomic E-state index is 0.0114. The predicted molar refractivity (Wildman–Crippen MR) is 85.5 cm³/mol. The topological polar surface area (TPSA) is 46.6 Å². The van der Waals surface area contributed by atoms with Gasteiger partial charge in [0.05, 0.1) is 5.41 Å². The average molecular weight is 355 g/mol. The van der Waals surface area contributed by atoms with Crippen molar-refractivity contribution in [3.63, 3.8) is 0 Å². The predicted octanol–water partition coefficient (Wildman–Crippen LogP) is 3.88. The van der Waals surface area contributed by atoms with Gasteiger partial charge in [0.2, 0.25) is 5.91 Å². The number of nitrogens with zero attached hydrogens (tertiary/aromatic N) is 1. The second-order valence-corrected chi connectivity index (χ2v) is 6.82. The number of carbonyl (C=O) groups is 2. The lowest BCUT2D eigenvalue weighted by atomic mass is 9.72. The van der Waals surface area contributed by atoms with Gasteiger partial charge in [-0.15, -0.1) is 0 Å². The summed E-state index contributed by atoms with van der Waals surface area (Å²) in [6.07, 6.45) is -3.54. The molecule has 0 radical (unpaired) electrons. The number of carbonyl (C=O) groups excluding carboxylic acids is 2. The lowest BCUT2D eigenvalue weighted by molar-refractivity contribution is -0.189. The molecule has 0 N–H and O–H groups in total. The van der Waals surface area contributed by atoms with Crippen molar-refractivity contribution in [1.82, 2.24) is 0 Å². The third-order valence-corrected chi connectivity index (χ3v) is 5.20. The number of hydrogen-bond donors (Lipinski definition) is 0. The number of ketones is 1. The van der Waals surface area contributed by atoms with Gasteiger partial charge in [-0.25, -0.2) is 0 Å². The van der Waals surface area contributed by atoms with E-state index in [1.165, 1.54) is 12.1 Å². The van der Waals surface area contributed by atoms with Gasteiger partial charge in [-0.1, -0.05) is 0 Å². The molecule has 3 rings (SSSR count). The number of Topliss-reactive ketones (excluding diaryl/α,β-unsaturated/α-hetero) is 1. The van der Waals surface area contributed by atoms with E-state index < -0.39 is 17.7 Å². The number of rotatable bonds is 3. The Labute approximate surface area is 143 Å². The van der Waals surface area contributed by atoms with E-state index in [1.807, 2.05) is 0 Å². The first kappa shape index (κ1) is 17.8. The van der Waals surface area contributed by atoms with Crippen molar-refractivity contribution >= 4 is 17.4 Å². The van der Waals surface area contributed by atoms with Crippen LogP contribution < -0.4 is 9.64 Å². The normalized spacial score (nSPS) is 21.7. The Balaban J connectivity index is 1.69. The zero-order valence-corrected chi connectivity index (χ0v) is 13.9. The highest BCUT2D eigenvalue weighted by atomic mass is 19.4. The molecular weight excluding hydrogens is 335 g/mol. The van der Waals surface area contributed by atoms with E-state index in [1.54, 1.807) is 17.0 Å². The molecule has 1 heterocycles. The van der Waals surface area contributed by atoms with E-state index in [2.05, 4.69) is 0 Å². The smallest absolute Gasteiger partial charge is 0.425 e. The van der Waals surface area contributed by atoms with Crippen LogP contribution in [0.2, 0.25) is 0 Å². The first-order chi connectivity index (χ1) is 11.7. The fourth-order valence-electron chi connectivity index (χ4n) is 3.51. The minimum Gasteiger partial charge on any atom is -0.481 e. The summed E-state index contributed by atoms with van der Waals surface area (Å²) >= 11 is 0. The van der Waals surface area contributed by atoms with E-state index in [9.17, 15) is 22.8 Å². The molecule has 1 spiro atoms. The average Bonchev–Trinajstić information content (AvgIpc) is 2.87. The lowest BCUT2D eigenvalue weighted by Gasteiger charge is -2.31. The van der Waals surface area contributed by atoms with Crippen molar-refractivity contribution in [2.24, 2.45) is 5.41 Å². The minimum atomic E-state index is -4.42. The van der Waals surface area contributed by atoms with Crippen LogP contribution in [0, 0.1) is 5.41 Å². The van der Waals surface area contributed by atoms with Crippen LogP contribution in [0.3, 0.4) is 0 Å². The van der Waals surface area contributed by atoms with E-state index in [-0.39, 0.29) is 17.4 Å². The number of ether oxygens (including phenoxy) is 1. The number of amides is 1. The van der Waals surface area contributed by atoms with Crippen molar-refractivity contribution < 1.29 is 27.5 Å². The molecule has 1 aliphatic carbocycles. The summed E-state index contributed by atoms with van der Waals surface area (Å²) in [6, 6.07) is 6.09. The molecule has 1 amide bonds. The van der Waals surface area contributed by atoms with E-state index in [0.29, 0.717) is 44.3 Å². The molecule has 1 saturated heterocycles. The Kier molecular flexibility index (Phi) is 4.51. The number of hydrogen-bond acceptors (Lipinski definition) is 3. The van der Waals surface area contributed by atoms with Crippen molar-refractivity contribution in [2.75, 3.05) is 11.4 Å². The molecule has 2 aliphatic rings.